The highest BCUT2D eigenvalue weighted by Gasteiger charge is 2.35. The standard InChI is InChI=1S/C13H24N2O2/c1-2-14-7-9-15(10-8-14)12-6-4-3-5-11(12)13(16)17/h11-12H,2-10H2,1H3,(H,16,17). The van der Waals surface area contributed by atoms with E-state index in [1.54, 1.807) is 0 Å². The van der Waals surface area contributed by atoms with Crippen LogP contribution in [0.3, 0.4) is 0 Å². The Kier molecular flexibility index (Phi) is 4.40. The quantitative estimate of drug-likeness (QED) is 0.807. The number of aliphatic carboxylic acids is 1. The molecule has 1 aliphatic carbocycles. The molecule has 0 bridgehead atoms. The number of carbonyl (C=O) groups is 1. The molecular weight excluding hydrogens is 216 g/mol. The Morgan fingerprint density at radius 3 is 2.41 bits per heavy atom. The molecule has 2 unspecified atom stereocenters. The predicted octanol–water partition coefficient (Wildman–Crippen LogP) is 1.27. The lowest BCUT2D eigenvalue weighted by molar-refractivity contribution is -0.146. The van der Waals surface area contributed by atoms with Gasteiger partial charge in [-0.1, -0.05) is 19.8 Å². The molecule has 4 nitrogen and oxygen atoms in total. The third-order valence-corrected chi connectivity index (χ3v) is 4.37. The van der Waals surface area contributed by atoms with E-state index < -0.39 is 5.97 Å². The summed E-state index contributed by atoms with van der Waals surface area (Å²) < 4.78 is 0. The molecule has 0 aromatic rings. The summed E-state index contributed by atoms with van der Waals surface area (Å²) >= 11 is 0. The highest BCUT2D eigenvalue weighted by molar-refractivity contribution is 5.71. The van der Waals surface area contributed by atoms with Crippen LogP contribution in [0.25, 0.3) is 0 Å². The zero-order valence-electron chi connectivity index (χ0n) is 10.8. The molecular formula is C13H24N2O2. The molecule has 1 N–H and O–H groups in total. The Morgan fingerprint density at radius 1 is 1.18 bits per heavy atom. The summed E-state index contributed by atoms with van der Waals surface area (Å²) in [6.45, 7) is 7.58. The number of nitrogens with zero attached hydrogens (tertiary/aromatic N) is 2. The molecule has 1 saturated heterocycles. The van der Waals surface area contributed by atoms with E-state index in [4.69, 9.17) is 0 Å². The smallest absolute Gasteiger partial charge is 0.308 e. The second-order valence-corrected chi connectivity index (χ2v) is 5.27. The molecule has 1 saturated carbocycles. The van der Waals surface area contributed by atoms with Crippen LogP contribution in [0.4, 0.5) is 0 Å². The van der Waals surface area contributed by atoms with Crippen molar-refractivity contribution in [2.75, 3.05) is 32.7 Å². The van der Waals surface area contributed by atoms with Crippen LogP contribution in [-0.2, 0) is 4.79 Å². The van der Waals surface area contributed by atoms with Gasteiger partial charge in [0.2, 0.25) is 0 Å². The van der Waals surface area contributed by atoms with Crippen LogP contribution in [0.5, 0.6) is 0 Å². The van der Waals surface area contributed by atoms with Gasteiger partial charge in [-0.25, -0.2) is 0 Å². The molecule has 2 fully saturated rings. The van der Waals surface area contributed by atoms with Crippen LogP contribution in [0.15, 0.2) is 0 Å². The van der Waals surface area contributed by atoms with Crippen LogP contribution in [0.1, 0.15) is 32.6 Å². The Balaban J connectivity index is 1.93. The fourth-order valence-corrected chi connectivity index (χ4v) is 3.25. The van der Waals surface area contributed by atoms with Crippen LogP contribution in [0, 0.1) is 5.92 Å². The number of carboxylic acids is 1. The first-order chi connectivity index (χ1) is 8.22. The molecule has 1 aliphatic heterocycles. The van der Waals surface area contributed by atoms with Crippen molar-refractivity contribution in [2.24, 2.45) is 5.92 Å². The molecule has 98 valence electrons. The first kappa shape index (κ1) is 12.8. The molecule has 2 aliphatic rings. The molecule has 17 heavy (non-hydrogen) atoms. The van der Waals surface area contributed by atoms with Crippen LogP contribution in [-0.4, -0.2) is 59.6 Å². The van der Waals surface area contributed by atoms with Gasteiger partial charge in [0.05, 0.1) is 5.92 Å². The van der Waals surface area contributed by atoms with E-state index in [2.05, 4.69) is 16.7 Å². The van der Waals surface area contributed by atoms with E-state index in [1.807, 2.05) is 0 Å². The van der Waals surface area contributed by atoms with E-state index in [-0.39, 0.29) is 5.92 Å². The van der Waals surface area contributed by atoms with E-state index in [0.29, 0.717) is 6.04 Å². The number of hydrogen-bond acceptors (Lipinski definition) is 3. The second kappa shape index (κ2) is 5.83. The van der Waals surface area contributed by atoms with Crippen molar-refractivity contribution in [3.8, 4) is 0 Å². The highest BCUT2D eigenvalue weighted by Crippen LogP contribution is 2.29. The maximum absolute atomic E-state index is 11.3. The average Bonchev–Trinajstić information content (AvgIpc) is 2.39. The Hall–Kier alpha value is -0.610. The predicted molar refractivity (Wildman–Crippen MR) is 67.1 cm³/mol. The lowest BCUT2D eigenvalue weighted by atomic mass is 9.83. The maximum Gasteiger partial charge on any atom is 0.308 e. The van der Waals surface area contributed by atoms with Crippen molar-refractivity contribution in [1.29, 1.82) is 0 Å². The fourth-order valence-electron chi connectivity index (χ4n) is 3.25. The number of rotatable bonds is 3. The van der Waals surface area contributed by atoms with Gasteiger partial charge in [-0.15, -0.1) is 0 Å². The Morgan fingerprint density at radius 2 is 1.82 bits per heavy atom. The van der Waals surface area contributed by atoms with Crippen molar-refractivity contribution in [2.45, 2.75) is 38.6 Å². The summed E-state index contributed by atoms with van der Waals surface area (Å²) in [7, 11) is 0. The largest absolute Gasteiger partial charge is 0.481 e. The van der Waals surface area contributed by atoms with Crippen LogP contribution >= 0.6 is 0 Å². The van der Waals surface area contributed by atoms with E-state index in [1.165, 1.54) is 6.42 Å². The van der Waals surface area contributed by atoms with Gasteiger partial charge in [-0.2, -0.15) is 0 Å². The van der Waals surface area contributed by atoms with E-state index in [0.717, 1.165) is 52.0 Å². The number of likely N-dealkylation sites (N-methyl/N-ethyl adjacent to an activating group) is 1. The highest BCUT2D eigenvalue weighted by atomic mass is 16.4. The molecule has 0 aromatic carbocycles. The molecule has 2 atom stereocenters. The molecule has 1 heterocycles. The number of hydrogen-bond donors (Lipinski definition) is 1. The van der Waals surface area contributed by atoms with Gasteiger partial charge in [0, 0.05) is 32.2 Å². The lowest BCUT2D eigenvalue weighted by Gasteiger charge is -2.42. The molecule has 0 amide bonds. The SMILES string of the molecule is CCN1CCN(C2CCCCC2C(=O)O)CC1. The molecule has 0 aromatic heterocycles. The molecule has 4 heteroatoms. The Bertz CT molecular complexity index is 262. The first-order valence-electron chi connectivity index (χ1n) is 6.91. The summed E-state index contributed by atoms with van der Waals surface area (Å²) in [6.07, 6.45) is 4.22. The molecule has 0 spiro atoms. The van der Waals surface area contributed by atoms with Gasteiger partial charge in [0.15, 0.2) is 0 Å². The topological polar surface area (TPSA) is 43.8 Å². The third-order valence-electron chi connectivity index (χ3n) is 4.37. The van der Waals surface area contributed by atoms with Crippen molar-refractivity contribution >= 4 is 5.97 Å². The summed E-state index contributed by atoms with van der Waals surface area (Å²) in [5, 5.41) is 9.30. The van der Waals surface area contributed by atoms with Crippen LogP contribution in [0.2, 0.25) is 0 Å². The van der Waals surface area contributed by atoms with Crippen LogP contribution < -0.4 is 0 Å². The minimum atomic E-state index is -0.590. The summed E-state index contributed by atoms with van der Waals surface area (Å²) in [4.78, 5) is 16.2. The lowest BCUT2D eigenvalue weighted by Crippen LogP contribution is -2.54. The van der Waals surface area contributed by atoms with E-state index >= 15 is 0 Å². The minimum Gasteiger partial charge on any atom is -0.481 e. The van der Waals surface area contributed by atoms with Gasteiger partial charge in [0.25, 0.3) is 0 Å². The second-order valence-electron chi connectivity index (χ2n) is 5.27. The summed E-state index contributed by atoms with van der Waals surface area (Å²) in [6, 6.07) is 0.292. The number of carboxylic acid groups (broad SMARTS) is 1. The van der Waals surface area contributed by atoms with Crippen molar-refractivity contribution in [1.82, 2.24) is 9.80 Å². The van der Waals surface area contributed by atoms with Gasteiger partial charge in [0.1, 0.15) is 0 Å². The monoisotopic (exact) mass is 240 g/mol. The first-order valence-corrected chi connectivity index (χ1v) is 6.91. The van der Waals surface area contributed by atoms with Gasteiger partial charge >= 0.3 is 5.97 Å². The zero-order valence-corrected chi connectivity index (χ0v) is 10.8. The minimum absolute atomic E-state index is 0.128. The number of piperazine rings is 1. The maximum atomic E-state index is 11.3. The average molecular weight is 240 g/mol. The summed E-state index contributed by atoms with van der Waals surface area (Å²) in [5.41, 5.74) is 0. The fraction of sp³-hybridized carbons (Fsp3) is 0.923. The van der Waals surface area contributed by atoms with Gasteiger partial charge in [-0.05, 0) is 19.4 Å². The molecule has 0 radical (unpaired) electrons. The van der Waals surface area contributed by atoms with E-state index in [9.17, 15) is 9.90 Å². The summed E-state index contributed by atoms with van der Waals surface area (Å²) in [5.74, 6) is -0.718. The van der Waals surface area contributed by atoms with Crippen molar-refractivity contribution in [3.05, 3.63) is 0 Å². The van der Waals surface area contributed by atoms with Gasteiger partial charge in [-0.3, -0.25) is 9.69 Å². The van der Waals surface area contributed by atoms with Crippen molar-refractivity contribution in [3.63, 3.8) is 0 Å². The van der Waals surface area contributed by atoms with Crippen molar-refractivity contribution < 1.29 is 9.90 Å². The normalized spacial score (nSPS) is 32.5. The van der Waals surface area contributed by atoms with Gasteiger partial charge < -0.3 is 10.0 Å². The Labute approximate surface area is 104 Å². The third kappa shape index (κ3) is 2.99. The molecule has 2 rings (SSSR count). The zero-order chi connectivity index (χ0) is 12.3.